The number of ether oxygens (including phenoxy) is 12. The van der Waals surface area contributed by atoms with Crippen LogP contribution in [0.3, 0.4) is 0 Å². The molecule has 0 unspecified atom stereocenters. The Morgan fingerprint density at radius 1 is 0.305 bits per heavy atom. The highest BCUT2D eigenvalue weighted by Crippen LogP contribution is 2.46. The first-order valence-electron chi connectivity index (χ1n) is 34.3. The number of rotatable bonds is 12. The van der Waals surface area contributed by atoms with Gasteiger partial charge in [0, 0.05) is 32.1 Å². The molecule has 15 nitrogen and oxygen atoms in total. The molecular weight excluding hydrogens is 1200 g/mol. The fourth-order valence-corrected chi connectivity index (χ4v) is 11.7. The van der Waals surface area contributed by atoms with Gasteiger partial charge in [-0.15, -0.1) is 0 Å². The molecule has 1 aliphatic carbocycles. The lowest BCUT2D eigenvalue weighted by atomic mass is 9.79. The SMILES string of the molecule is CC(C)OC(=O)COc1c2cc(C(C)(C)C)cc1Cc1cc(C(C)(C)C)cc3c1OCCOCCOCCOCCOCCOc1c(cc(C(C)(C)C)cc1Cc1cc(C(C)(C)C)cc(c1OCC(=O)OC(C)C)Cc1cc(C(C)(C)C)cc(c1OCC(=O)OC(C)C)C3)C2. The monoisotopic (exact) mass is 1310 g/mol. The maximum absolute atomic E-state index is 13.9. The third-order valence-corrected chi connectivity index (χ3v) is 16.6. The summed E-state index contributed by atoms with van der Waals surface area (Å²) in [6.45, 7) is 46.1. The Morgan fingerprint density at radius 2 is 0.484 bits per heavy atom. The van der Waals surface area contributed by atoms with Crippen molar-refractivity contribution in [3.05, 3.63) is 144 Å². The third-order valence-electron chi connectivity index (χ3n) is 16.6. The van der Waals surface area contributed by atoms with Crippen molar-refractivity contribution in [2.45, 2.75) is 223 Å². The first-order valence-corrected chi connectivity index (χ1v) is 34.3. The van der Waals surface area contributed by atoms with Gasteiger partial charge in [-0.1, -0.05) is 165 Å². The quantitative estimate of drug-likeness (QED) is 0.0840. The number of fused-ring (bicyclic) bond motifs is 4. The van der Waals surface area contributed by atoms with Gasteiger partial charge in [-0.2, -0.15) is 0 Å². The van der Waals surface area contributed by atoms with Crippen molar-refractivity contribution in [1.82, 2.24) is 0 Å². The van der Waals surface area contributed by atoms with Gasteiger partial charge in [0.25, 0.3) is 0 Å². The summed E-state index contributed by atoms with van der Waals surface area (Å²) in [5, 5.41) is 0. The van der Waals surface area contributed by atoms with Crippen molar-refractivity contribution in [2.24, 2.45) is 0 Å². The van der Waals surface area contributed by atoms with Crippen LogP contribution in [0.5, 0.6) is 28.7 Å². The van der Waals surface area contributed by atoms with E-state index in [1.807, 2.05) is 41.5 Å². The van der Waals surface area contributed by atoms with E-state index in [2.05, 4.69) is 165 Å². The average Bonchev–Trinajstić information content (AvgIpc) is 0.777. The minimum Gasteiger partial charge on any atom is -0.491 e. The summed E-state index contributed by atoms with van der Waals surface area (Å²) in [4.78, 5) is 41.7. The number of carbonyl (C=O) groups excluding carboxylic acids is 3. The van der Waals surface area contributed by atoms with E-state index in [-0.39, 0.29) is 98.1 Å². The molecule has 522 valence electrons. The molecule has 12 bridgehead atoms. The van der Waals surface area contributed by atoms with Gasteiger partial charge in [0.15, 0.2) is 19.8 Å². The molecule has 0 saturated heterocycles. The van der Waals surface area contributed by atoms with Crippen LogP contribution in [0.25, 0.3) is 0 Å². The van der Waals surface area contributed by atoms with E-state index < -0.39 is 17.9 Å². The molecule has 0 saturated carbocycles. The zero-order valence-electron chi connectivity index (χ0n) is 61.4. The van der Waals surface area contributed by atoms with Crippen molar-refractivity contribution >= 4 is 17.9 Å². The minimum atomic E-state index is -0.510. The lowest BCUT2D eigenvalue weighted by Crippen LogP contribution is -2.22. The van der Waals surface area contributed by atoms with E-state index >= 15 is 0 Å². The Balaban J connectivity index is 1.73. The van der Waals surface area contributed by atoms with E-state index in [1.54, 1.807) is 0 Å². The van der Waals surface area contributed by atoms with E-state index in [0.29, 0.717) is 94.1 Å². The zero-order chi connectivity index (χ0) is 69.8. The van der Waals surface area contributed by atoms with Crippen molar-refractivity contribution in [3.8, 4) is 28.7 Å². The Hall–Kier alpha value is -6.65. The maximum atomic E-state index is 13.9. The highest BCUT2D eigenvalue weighted by atomic mass is 16.6. The molecule has 2 aliphatic rings. The van der Waals surface area contributed by atoms with Crippen molar-refractivity contribution in [2.75, 3.05) is 85.9 Å². The van der Waals surface area contributed by atoms with Crippen molar-refractivity contribution < 1.29 is 71.2 Å². The van der Waals surface area contributed by atoms with E-state index in [4.69, 9.17) is 56.8 Å². The van der Waals surface area contributed by atoms with Crippen LogP contribution in [-0.4, -0.2) is 122 Å². The molecule has 0 fully saturated rings. The highest BCUT2D eigenvalue weighted by Gasteiger charge is 2.32. The molecule has 0 radical (unpaired) electrons. The Labute approximate surface area is 568 Å². The Morgan fingerprint density at radius 3 is 0.674 bits per heavy atom. The fourth-order valence-electron chi connectivity index (χ4n) is 11.7. The summed E-state index contributed by atoms with van der Waals surface area (Å²) in [5.41, 5.74) is 11.8. The molecule has 0 N–H and O–H groups in total. The summed E-state index contributed by atoms with van der Waals surface area (Å²) < 4.78 is 77.0. The smallest absolute Gasteiger partial charge is 0.344 e. The zero-order valence-corrected chi connectivity index (χ0v) is 61.4. The van der Waals surface area contributed by atoms with Gasteiger partial charge >= 0.3 is 17.9 Å². The second-order valence-electron chi connectivity index (χ2n) is 31.4. The van der Waals surface area contributed by atoms with Crippen LogP contribution in [0.4, 0.5) is 0 Å². The van der Waals surface area contributed by atoms with E-state index in [9.17, 15) is 14.4 Å². The van der Waals surface area contributed by atoms with E-state index in [0.717, 1.165) is 83.5 Å². The Kier molecular flexibility index (Phi) is 26.0. The molecule has 7 rings (SSSR count). The number of hydrogen-bond donors (Lipinski definition) is 0. The van der Waals surface area contributed by atoms with Gasteiger partial charge in [-0.25, -0.2) is 14.4 Å². The van der Waals surface area contributed by atoms with Gasteiger partial charge < -0.3 is 56.8 Å². The van der Waals surface area contributed by atoms with Crippen LogP contribution in [0, 0.1) is 0 Å². The van der Waals surface area contributed by atoms with Crippen LogP contribution in [0.1, 0.15) is 229 Å². The molecule has 0 amide bonds. The lowest BCUT2D eigenvalue weighted by molar-refractivity contribution is -0.150. The number of esters is 3. The number of benzene rings is 5. The normalized spacial score (nSPS) is 15.3. The summed E-state index contributed by atoms with van der Waals surface area (Å²) in [6, 6.07) is 22.2. The van der Waals surface area contributed by atoms with Crippen LogP contribution in [0.2, 0.25) is 0 Å². The molecule has 5 aromatic rings. The average molecular weight is 1310 g/mol. The molecular formula is C80H112O15. The molecule has 1 aliphatic heterocycles. The second-order valence-corrected chi connectivity index (χ2v) is 31.4. The van der Waals surface area contributed by atoms with Crippen LogP contribution >= 0.6 is 0 Å². The first kappa shape index (κ1) is 75.7. The highest BCUT2D eigenvalue weighted by molar-refractivity contribution is 5.73. The predicted molar refractivity (Wildman–Crippen MR) is 374 cm³/mol. The van der Waals surface area contributed by atoms with Crippen LogP contribution < -0.4 is 23.7 Å². The van der Waals surface area contributed by atoms with Gasteiger partial charge in [-0.3, -0.25) is 0 Å². The van der Waals surface area contributed by atoms with Gasteiger partial charge in [0.05, 0.1) is 71.2 Å². The molecule has 15 heteroatoms. The lowest BCUT2D eigenvalue weighted by Gasteiger charge is -2.29. The standard InChI is InChI=1S/C80H112O15/c1-50(2)93-68(81)47-90-73-57-32-53-37-63(76(7,8)9)39-55-34-59-43-66(79(16,17)18)45-61(74(59)91-48-69(82)94-51(3)4)36-62-46-67(80(19,20)21)44-60(75(62)92-49-70(83)95-52(5)6)35-56-40-64(77(10,11)12)38-54(33-58(73)42-65(41-57)78(13,14)15)72(56)89-31-29-87-27-25-85-23-22-84-24-26-86-28-30-88-71(53)55/h37-46,50-52H,22-36,47-49H2,1-21H3. The molecule has 0 atom stereocenters. The summed E-state index contributed by atoms with van der Waals surface area (Å²) in [6.07, 6.45) is 0.416. The van der Waals surface area contributed by atoms with E-state index in [1.165, 1.54) is 0 Å². The Bertz CT molecular complexity index is 3220. The van der Waals surface area contributed by atoms with Gasteiger partial charge in [0.1, 0.15) is 42.0 Å². The minimum absolute atomic E-state index is 0.197. The first-order chi connectivity index (χ1) is 44.4. The topological polar surface area (TPSA) is 162 Å². The van der Waals surface area contributed by atoms with Crippen molar-refractivity contribution in [1.29, 1.82) is 0 Å². The molecule has 1 heterocycles. The maximum Gasteiger partial charge on any atom is 0.344 e. The molecule has 0 spiro atoms. The van der Waals surface area contributed by atoms with Crippen LogP contribution in [-0.2, 0) is 107 Å². The summed E-state index contributed by atoms with van der Waals surface area (Å²) >= 11 is 0. The molecule has 5 aromatic carbocycles. The van der Waals surface area contributed by atoms with Crippen LogP contribution in [0.15, 0.2) is 60.7 Å². The summed E-state index contributed by atoms with van der Waals surface area (Å²) in [7, 11) is 0. The largest absolute Gasteiger partial charge is 0.491 e. The van der Waals surface area contributed by atoms with Gasteiger partial charge in [-0.05, 0) is 152 Å². The predicted octanol–water partition coefficient (Wildman–Crippen LogP) is 15.3. The number of hydrogen-bond acceptors (Lipinski definition) is 15. The second kappa shape index (κ2) is 32.6. The third kappa shape index (κ3) is 22.2. The fraction of sp³-hybridized carbons (Fsp3) is 0.588. The molecule has 95 heavy (non-hydrogen) atoms. The summed E-state index contributed by atoms with van der Waals surface area (Å²) in [5.74, 6) is 1.37. The van der Waals surface area contributed by atoms with Gasteiger partial charge in [0.2, 0.25) is 0 Å². The number of carbonyl (C=O) groups is 3. The molecule has 0 aromatic heterocycles. The van der Waals surface area contributed by atoms with Crippen molar-refractivity contribution in [3.63, 3.8) is 0 Å².